The fraction of sp³-hybridized carbons (Fsp3) is 0.571. The highest BCUT2D eigenvalue weighted by atomic mass is 32.2. The second-order valence-electron chi connectivity index (χ2n) is 4.75. The summed E-state index contributed by atoms with van der Waals surface area (Å²) >= 11 is 1.61. The molecule has 0 fully saturated rings. The molecule has 0 aromatic rings. The maximum Gasteiger partial charge on any atom is 0.325 e. The third kappa shape index (κ3) is 5.59. The number of fused-ring (bicyclic) bond motifs is 1. The molecule has 8 nitrogen and oxygen atoms in total. The van der Waals surface area contributed by atoms with Gasteiger partial charge in [0.15, 0.2) is 11.9 Å². The fourth-order valence-corrected chi connectivity index (χ4v) is 2.95. The second-order valence-corrected chi connectivity index (χ2v) is 5.87. The largest absolute Gasteiger partial charge is 0.465 e. The maximum atomic E-state index is 11.6. The van der Waals surface area contributed by atoms with Gasteiger partial charge in [-0.25, -0.2) is 15.0 Å². The molecule has 124 valence electrons. The van der Waals surface area contributed by atoms with Crippen LogP contribution in [-0.4, -0.2) is 60.4 Å². The van der Waals surface area contributed by atoms with Crippen molar-refractivity contribution < 1.29 is 14.3 Å². The Morgan fingerprint density at radius 3 is 3.00 bits per heavy atom. The minimum Gasteiger partial charge on any atom is -0.465 e. The van der Waals surface area contributed by atoms with E-state index in [1.54, 1.807) is 18.7 Å². The van der Waals surface area contributed by atoms with Crippen LogP contribution in [0, 0.1) is 0 Å². The van der Waals surface area contributed by atoms with E-state index in [1.165, 1.54) is 12.7 Å². The highest BCUT2D eigenvalue weighted by Crippen LogP contribution is 2.19. The van der Waals surface area contributed by atoms with Crippen molar-refractivity contribution in [2.24, 2.45) is 20.0 Å². The number of hydrogen-bond donors (Lipinski definition) is 1. The quantitative estimate of drug-likeness (QED) is 0.523. The number of carbonyl (C=O) groups is 2. The first-order chi connectivity index (χ1) is 11.2. The van der Waals surface area contributed by atoms with Crippen molar-refractivity contribution in [3.8, 4) is 0 Å². The van der Waals surface area contributed by atoms with E-state index in [9.17, 15) is 9.59 Å². The Hall–Kier alpha value is -2.03. The van der Waals surface area contributed by atoms with Crippen molar-refractivity contribution in [1.82, 2.24) is 5.32 Å². The van der Waals surface area contributed by atoms with E-state index < -0.39 is 5.97 Å². The Morgan fingerprint density at radius 2 is 2.17 bits per heavy atom. The summed E-state index contributed by atoms with van der Waals surface area (Å²) in [5.41, 5.74) is 0. The van der Waals surface area contributed by atoms with Gasteiger partial charge >= 0.3 is 5.97 Å². The first-order valence-electron chi connectivity index (χ1n) is 7.45. The standard InChI is InChI=1S/C14H19N5O3S/c1-2-22-11(21)7-15-10(20)5-3-4-6-23-14-12-13(17-8-16-12)18-9-19-14/h8-9,12H,2-7H2,1H3,(H,15,20). The van der Waals surface area contributed by atoms with E-state index in [0.29, 0.717) is 18.9 Å². The minimum atomic E-state index is -0.414. The molecular weight excluding hydrogens is 318 g/mol. The maximum absolute atomic E-state index is 11.6. The molecule has 2 aliphatic heterocycles. The molecule has 0 aliphatic carbocycles. The van der Waals surface area contributed by atoms with Crippen LogP contribution >= 0.6 is 11.8 Å². The summed E-state index contributed by atoms with van der Waals surface area (Å²) < 4.78 is 4.74. The third-order valence-corrected chi connectivity index (χ3v) is 4.16. The topological polar surface area (TPSA) is 105 Å². The summed E-state index contributed by atoms with van der Waals surface area (Å²) in [6, 6.07) is -0.155. The summed E-state index contributed by atoms with van der Waals surface area (Å²) in [5.74, 6) is 0.973. The normalized spacial score (nSPS) is 18.2. The molecule has 2 rings (SSSR count). The molecule has 0 bridgehead atoms. The number of esters is 1. The van der Waals surface area contributed by atoms with E-state index in [2.05, 4.69) is 25.3 Å². The Kier molecular flexibility index (Phi) is 6.92. The van der Waals surface area contributed by atoms with Crippen molar-refractivity contribution >= 4 is 47.2 Å². The second kappa shape index (κ2) is 9.19. The Balaban J connectivity index is 1.56. The smallest absolute Gasteiger partial charge is 0.325 e. The molecular formula is C14H19N5O3S. The van der Waals surface area contributed by atoms with Crippen LogP contribution in [-0.2, 0) is 14.3 Å². The first-order valence-corrected chi connectivity index (χ1v) is 8.44. The lowest BCUT2D eigenvalue weighted by Crippen LogP contribution is -2.30. The minimum absolute atomic E-state index is 0.0701. The number of rotatable bonds is 8. The van der Waals surface area contributed by atoms with Crippen LogP contribution in [0.5, 0.6) is 0 Å². The van der Waals surface area contributed by atoms with Crippen molar-refractivity contribution in [3.63, 3.8) is 0 Å². The predicted molar refractivity (Wildman–Crippen MR) is 91.6 cm³/mol. The van der Waals surface area contributed by atoms with Gasteiger partial charge in [-0.15, -0.1) is 11.8 Å². The van der Waals surface area contributed by atoms with E-state index in [1.807, 2.05) is 0 Å². The van der Waals surface area contributed by atoms with Gasteiger partial charge in [-0.2, -0.15) is 0 Å². The molecule has 0 saturated heterocycles. The van der Waals surface area contributed by atoms with Gasteiger partial charge in [0.05, 0.1) is 6.61 Å². The van der Waals surface area contributed by atoms with Crippen molar-refractivity contribution in [2.75, 3.05) is 18.9 Å². The van der Waals surface area contributed by atoms with Crippen LogP contribution in [0.25, 0.3) is 0 Å². The molecule has 23 heavy (non-hydrogen) atoms. The van der Waals surface area contributed by atoms with Crippen LogP contribution in [0.4, 0.5) is 0 Å². The number of aliphatic imine (C=N–C) groups is 4. The summed E-state index contributed by atoms with van der Waals surface area (Å²) in [6.07, 6.45) is 5.01. The molecule has 0 saturated carbocycles. The molecule has 1 atom stereocenters. The van der Waals surface area contributed by atoms with Gasteiger partial charge in [-0.05, 0) is 25.5 Å². The number of nitrogens with one attached hydrogen (secondary N) is 1. The molecule has 2 heterocycles. The molecule has 1 N–H and O–H groups in total. The lowest BCUT2D eigenvalue weighted by atomic mass is 10.2. The molecule has 2 aliphatic rings. The molecule has 1 unspecified atom stereocenters. The lowest BCUT2D eigenvalue weighted by molar-refractivity contribution is -0.143. The SMILES string of the molecule is CCOC(=O)CNC(=O)CCCCSC1=NC=NC2=NC=NC21. The van der Waals surface area contributed by atoms with Gasteiger partial charge in [0.1, 0.15) is 24.3 Å². The van der Waals surface area contributed by atoms with Crippen LogP contribution < -0.4 is 5.32 Å². The van der Waals surface area contributed by atoms with E-state index in [-0.39, 0.29) is 18.5 Å². The Bertz CT molecular complexity index is 571. The van der Waals surface area contributed by atoms with E-state index >= 15 is 0 Å². The number of ether oxygens (including phenoxy) is 1. The molecule has 0 spiro atoms. The monoisotopic (exact) mass is 337 g/mol. The van der Waals surface area contributed by atoms with Crippen molar-refractivity contribution in [3.05, 3.63) is 0 Å². The number of unbranched alkanes of at least 4 members (excludes halogenated alkanes) is 1. The number of amidine groups is 1. The van der Waals surface area contributed by atoms with Crippen LogP contribution in [0.15, 0.2) is 20.0 Å². The zero-order chi connectivity index (χ0) is 16.5. The van der Waals surface area contributed by atoms with Crippen molar-refractivity contribution in [1.29, 1.82) is 0 Å². The summed E-state index contributed by atoms with van der Waals surface area (Å²) in [7, 11) is 0. The number of carbonyl (C=O) groups excluding carboxylic acids is 2. The van der Waals surface area contributed by atoms with Crippen LogP contribution in [0.3, 0.4) is 0 Å². The van der Waals surface area contributed by atoms with Gasteiger partial charge in [0.2, 0.25) is 5.91 Å². The van der Waals surface area contributed by atoms with Crippen LogP contribution in [0.2, 0.25) is 0 Å². The number of thioether (sulfide) groups is 1. The fourth-order valence-electron chi connectivity index (χ4n) is 1.94. The zero-order valence-corrected chi connectivity index (χ0v) is 13.7. The third-order valence-electron chi connectivity index (χ3n) is 3.04. The zero-order valence-electron chi connectivity index (χ0n) is 12.9. The highest BCUT2D eigenvalue weighted by Gasteiger charge is 2.26. The summed E-state index contributed by atoms with van der Waals surface area (Å²) in [5, 5.41) is 3.43. The number of amides is 1. The van der Waals surface area contributed by atoms with Crippen LogP contribution in [0.1, 0.15) is 26.2 Å². The lowest BCUT2D eigenvalue weighted by Gasteiger charge is -2.13. The highest BCUT2D eigenvalue weighted by molar-refractivity contribution is 8.14. The average molecular weight is 337 g/mol. The molecule has 9 heteroatoms. The molecule has 0 aromatic carbocycles. The van der Waals surface area contributed by atoms with Crippen molar-refractivity contribution in [2.45, 2.75) is 32.2 Å². The summed E-state index contributed by atoms with van der Waals surface area (Å²) in [6.45, 7) is 1.98. The van der Waals surface area contributed by atoms with E-state index in [0.717, 1.165) is 23.6 Å². The molecule has 1 amide bonds. The molecule has 0 aromatic heterocycles. The van der Waals surface area contributed by atoms with Gasteiger partial charge in [-0.1, -0.05) is 0 Å². The average Bonchev–Trinajstić information content (AvgIpc) is 3.02. The Labute approximate surface area is 138 Å². The van der Waals surface area contributed by atoms with Gasteiger partial charge in [-0.3, -0.25) is 14.6 Å². The van der Waals surface area contributed by atoms with Gasteiger partial charge in [0.25, 0.3) is 0 Å². The summed E-state index contributed by atoms with van der Waals surface area (Å²) in [4.78, 5) is 39.3. The first kappa shape index (κ1) is 17.3. The van der Waals surface area contributed by atoms with Gasteiger partial charge < -0.3 is 10.1 Å². The van der Waals surface area contributed by atoms with Gasteiger partial charge in [0, 0.05) is 6.42 Å². The molecule has 0 radical (unpaired) electrons. The number of hydrogen-bond acceptors (Lipinski definition) is 8. The predicted octanol–water partition coefficient (Wildman–Crippen LogP) is 0.819. The Morgan fingerprint density at radius 1 is 1.30 bits per heavy atom. The van der Waals surface area contributed by atoms with E-state index in [4.69, 9.17) is 4.74 Å². The number of nitrogens with zero attached hydrogens (tertiary/aromatic N) is 4.